The van der Waals surface area contributed by atoms with Crippen LogP contribution in [-0.2, 0) is 0 Å². The first-order valence-electron chi connectivity index (χ1n) is 4.76. The van der Waals surface area contributed by atoms with Gasteiger partial charge in [0.15, 0.2) is 0 Å². The second-order valence-electron chi connectivity index (χ2n) is 3.09. The third-order valence-corrected chi connectivity index (χ3v) is 1.91. The molecule has 0 unspecified atom stereocenters. The standard InChI is InChI=1S/C11H15NO2/c1-2-3-8-14-10-6-4-9(5-7-10)11(12)13/h4-7H,2-3,8H2,1H3,(H2,12,13). The SMILES string of the molecule is CCCCOc1ccc(C(N)=O)cc1. The summed E-state index contributed by atoms with van der Waals surface area (Å²) in [5, 5.41) is 0. The van der Waals surface area contributed by atoms with Crippen LogP contribution in [0.1, 0.15) is 30.1 Å². The van der Waals surface area contributed by atoms with Crippen molar-refractivity contribution in [2.24, 2.45) is 5.73 Å². The summed E-state index contributed by atoms with van der Waals surface area (Å²) in [6.45, 7) is 2.83. The number of benzene rings is 1. The first-order valence-corrected chi connectivity index (χ1v) is 4.76. The molecule has 0 fully saturated rings. The number of carbonyl (C=O) groups excluding carboxylic acids is 1. The Morgan fingerprint density at radius 2 is 2.00 bits per heavy atom. The van der Waals surface area contributed by atoms with Gasteiger partial charge >= 0.3 is 0 Å². The lowest BCUT2D eigenvalue weighted by Gasteiger charge is -2.04. The molecule has 1 aromatic rings. The molecule has 0 aliphatic heterocycles. The normalized spacial score (nSPS) is 9.79. The van der Waals surface area contributed by atoms with Gasteiger partial charge < -0.3 is 10.5 Å². The van der Waals surface area contributed by atoms with Crippen LogP contribution < -0.4 is 10.5 Å². The van der Waals surface area contributed by atoms with Gasteiger partial charge in [-0.3, -0.25) is 4.79 Å². The molecular weight excluding hydrogens is 178 g/mol. The summed E-state index contributed by atoms with van der Waals surface area (Å²) >= 11 is 0. The quantitative estimate of drug-likeness (QED) is 0.727. The van der Waals surface area contributed by atoms with Crippen LogP contribution in [0.25, 0.3) is 0 Å². The summed E-state index contributed by atoms with van der Waals surface area (Å²) < 4.78 is 5.43. The lowest BCUT2D eigenvalue weighted by molar-refractivity contribution is 0.100. The van der Waals surface area contributed by atoms with E-state index in [-0.39, 0.29) is 0 Å². The van der Waals surface area contributed by atoms with Gasteiger partial charge in [0.25, 0.3) is 0 Å². The van der Waals surface area contributed by atoms with Gasteiger partial charge in [0.05, 0.1) is 6.61 Å². The van der Waals surface area contributed by atoms with E-state index in [9.17, 15) is 4.79 Å². The molecule has 0 saturated carbocycles. The highest BCUT2D eigenvalue weighted by molar-refractivity contribution is 5.92. The van der Waals surface area contributed by atoms with E-state index in [2.05, 4.69) is 6.92 Å². The minimum atomic E-state index is -0.412. The van der Waals surface area contributed by atoms with Crippen molar-refractivity contribution in [3.63, 3.8) is 0 Å². The van der Waals surface area contributed by atoms with E-state index in [1.807, 2.05) is 0 Å². The number of hydrogen-bond donors (Lipinski definition) is 1. The molecule has 3 heteroatoms. The highest BCUT2D eigenvalue weighted by Crippen LogP contribution is 2.12. The number of rotatable bonds is 5. The van der Waals surface area contributed by atoms with Crippen molar-refractivity contribution in [2.75, 3.05) is 6.61 Å². The number of ether oxygens (including phenoxy) is 1. The molecule has 1 aromatic carbocycles. The smallest absolute Gasteiger partial charge is 0.248 e. The van der Waals surface area contributed by atoms with Gasteiger partial charge in [-0.1, -0.05) is 13.3 Å². The minimum absolute atomic E-state index is 0.412. The molecule has 0 bridgehead atoms. The van der Waals surface area contributed by atoms with Crippen LogP contribution in [0.3, 0.4) is 0 Å². The second kappa shape index (κ2) is 5.27. The minimum Gasteiger partial charge on any atom is -0.494 e. The Labute approximate surface area is 83.9 Å². The fourth-order valence-electron chi connectivity index (χ4n) is 1.05. The van der Waals surface area contributed by atoms with Crippen molar-refractivity contribution in [1.29, 1.82) is 0 Å². The second-order valence-corrected chi connectivity index (χ2v) is 3.09. The maximum atomic E-state index is 10.8. The van der Waals surface area contributed by atoms with E-state index in [1.165, 1.54) is 0 Å². The van der Waals surface area contributed by atoms with Crippen LogP contribution in [0.4, 0.5) is 0 Å². The molecule has 0 aliphatic rings. The number of hydrogen-bond acceptors (Lipinski definition) is 2. The molecule has 0 aromatic heterocycles. The van der Waals surface area contributed by atoms with Crippen molar-refractivity contribution in [2.45, 2.75) is 19.8 Å². The molecule has 0 spiro atoms. The number of carbonyl (C=O) groups is 1. The lowest BCUT2D eigenvalue weighted by Crippen LogP contribution is -2.10. The fraction of sp³-hybridized carbons (Fsp3) is 0.364. The van der Waals surface area contributed by atoms with Crippen LogP contribution in [0.2, 0.25) is 0 Å². The summed E-state index contributed by atoms with van der Waals surface area (Å²) in [6.07, 6.45) is 2.15. The predicted octanol–water partition coefficient (Wildman–Crippen LogP) is 1.96. The van der Waals surface area contributed by atoms with E-state index in [1.54, 1.807) is 24.3 Å². The van der Waals surface area contributed by atoms with Gasteiger partial charge in [0, 0.05) is 5.56 Å². The molecule has 1 amide bonds. The number of primary amides is 1. The van der Waals surface area contributed by atoms with Crippen LogP contribution >= 0.6 is 0 Å². The van der Waals surface area contributed by atoms with Crippen molar-refractivity contribution in [3.05, 3.63) is 29.8 Å². The molecule has 0 heterocycles. The first-order chi connectivity index (χ1) is 6.74. The zero-order valence-electron chi connectivity index (χ0n) is 8.32. The molecule has 2 N–H and O–H groups in total. The van der Waals surface area contributed by atoms with Gasteiger partial charge in [-0.05, 0) is 30.7 Å². The average molecular weight is 193 g/mol. The van der Waals surface area contributed by atoms with Crippen LogP contribution in [0.15, 0.2) is 24.3 Å². The van der Waals surface area contributed by atoms with Crippen LogP contribution in [0, 0.1) is 0 Å². The molecule has 0 saturated heterocycles. The Bertz CT molecular complexity index is 293. The summed E-state index contributed by atoms with van der Waals surface area (Å²) in [7, 11) is 0. The molecule has 0 radical (unpaired) electrons. The molecule has 0 atom stereocenters. The van der Waals surface area contributed by atoms with Crippen molar-refractivity contribution < 1.29 is 9.53 Å². The van der Waals surface area contributed by atoms with Gasteiger partial charge in [0.1, 0.15) is 5.75 Å². The highest BCUT2D eigenvalue weighted by atomic mass is 16.5. The van der Waals surface area contributed by atoms with Gasteiger partial charge in [-0.25, -0.2) is 0 Å². The molecule has 1 rings (SSSR count). The van der Waals surface area contributed by atoms with Crippen molar-refractivity contribution >= 4 is 5.91 Å². The number of nitrogens with two attached hydrogens (primary N) is 1. The molecule has 76 valence electrons. The zero-order valence-corrected chi connectivity index (χ0v) is 8.32. The van der Waals surface area contributed by atoms with E-state index in [4.69, 9.17) is 10.5 Å². The molecular formula is C11H15NO2. The molecule has 14 heavy (non-hydrogen) atoms. The topological polar surface area (TPSA) is 52.3 Å². The maximum Gasteiger partial charge on any atom is 0.248 e. The Morgan fingerprint density at radius 1 is 1.36 bits per heavy atom. The maximum absolute atomic E-state index is 10.8. The van der Waals surface area contributed by atoms with Crippen LogP contribution in [0.5, 0.6) is 5.75 Å². The summed E-state index contributed by atoms with van der Waals surface area (Å²) in [5.41, 5.74) is 5.61. The van der Waals surface area contributed by atoms with Crippen molar-refractivity contribution in [1.82, 2.24) is 0 Å². The Hall–Kier alpha value is -1.51. The lowest BCUT2D eigenvalue weighted by atomic mass is 10.2. The zero-order chi connectivity index (χ0) is 10.4. The molecule has 3 nitrogen and oxygen atoms in total. The summed E-state index contributed by atoms with van der Waals surface area (Å²) in [6, 6.07) is 6.86. The van der Waals surface area contributed by atoms with Gasteiger partial charge in [0.2, 0.25) is 5.91 Å². The van der Waals surface area contributed by atoms with E-state index >= 15 is 0 Å². The third kappa shape index (κ3) is 3.09. The number of unbranched alkanes of at least 4 members (excludes halogenated alkanes) is 1. The Morgan fingerprint density at radius 3 is 2.50 bits per heavy atom. The predicted molar refractivity (Wildman–Crippen MR) is 55.4 cm³/mol. The monoisotopic (exact) mass is 193 g/mol. The van der Waals surface area contributed by atoms with E-state index in [0.717, 1.165) is 18.6 Å². The van der Waals surface area contributed by atoms with E-state index < -0.39 is 5.91 Å². The van der Waals surface area contributed by atoms with E-state index in [0.29, 0.717) is 12.2 Å². The van der Waals surface area contributed by atoms with Crippen molar-refractivity contribution in [3.8, 4) is 5.75 Å². The third-order valence-electron chi connectivity index (χ3n) is 1.91. The van der Waals surface area contributed by atoms with Gasteiger partial charge in [-0.15, -0.1) is 0 Å². The number of amides is 1. The highest BCUT2D eigenvalue weighted by Gasteiger charge is 1.99. The fourth-order valence-corrected chi connectivity index (χ4v) is 1.05. The summed E-state index contributed by atoms with van der Waals surface area (Å²) in [4.78, 5) is 10.8. The van der Waals surface area contributed by atoms with Crippen LogP contribution in [-0.4, -0.2) is 12.5 Å². The largest absolute Gasteiger partial charge is 0.494 e. The van der Waals surface area contributed by atoms with Gasteiger partial charge in [-0.2, -0.15) is 0 Å². The average Bonchev–Trinajstić information content (AvgIpc) is 2.19. The summed E-state index contributed by atoms with van der Waals surface area (Å²) in [5.74, 6) is 0.369. The Kier molecular flexibility index (Phi) is 3.98. The Balaban J connectivity index is 2.51. The first kappa shape index (κ1) is 10.6. The molecule has 0 aliphatic carbocycles.